The summed E-state index contributed by atoms with van der Waals surface area (Å²) >= 11 is 1.41. The molecule has 26 heavy (non-hydrogen) atoms. The van der Waals surface area contributed by atoms with E-state index in [9.17, 15) is 9.59 Å². The van der Waals surface area contributed by atoms with Crippen LogP contribution in [-0.4, -0.2) is 33.3 Å². The van der Waals surface area contributed by atoms with Crippen molar-refractivity contribution < 1.29 is 9.59 Å². The zero-order chi connectivity index (χ0) is 18.1. The molecule has 0 spiro atoms. The van der Waals surface area contributed by atoms with Gasteiger partial charge in [0.15, 0.2) is 5.13 Å². The molecular formula is C18H19N5O2S. The van der Waals surface area contributed by atoms with Crippen LogP contribution in [0.25, 0.3) is 11.0 Å². The Morgan fingerprint density at radius 1 is 1.38 bits per heavy atom. The number of anilines is 1. The first kappa shape index (κ1) is 16.7. The second-order valence-corrected chi connectivity index (χ2v) is 7.21. The van der Waals surface area contributed by atoms with E-state index in [0.717, 1.165) is 23.3 Å². The van der Waals surface area contributed by atoms with Crippen LogP contribution < -0.4 is 10.2 Å². The number of nitrogens with zero attached hydrogens (tertiary/aromatic N) is 3. The number of thiazole rings is 1. The molecule has 0 bridgehead atoms. The van der Waals surface area contributed by atoms with Crippen molar-refractivity contribution in [2.45, 2.75) is 32.2 Å². The lowest BCUT2D eigenvalue weighted by Gasteiger charge is -2.11. The lowest BCUT2D eigenvalue weighted by molar-refractivity contribution is -0.121. The Morgan fingerprint density at radius 2 is 2.23 bits per heavy atom. The number of carbonyl (C=O) groups is 2. The number of hydrogen-bond donors (Lipinski definition) is 2. The van der Waals surface area contributed by atoms with Crippen molar-refractivity contribution in [1.29, 1.82) is 0 Å². The van der Waals surface area contributed by atoms with Crippen LogP contribution in [0.4, 0.5) is 5.13 Å². The molecule has 8 heteroatoms. The minimum absolute atomic E-state index is 0.105. The summed E-state index contributed by atoms with van der Waals surface area (Å²) in [5.74, 6) is 0.706. The molecule has 1 aromatic carbocycles. The first-order valence-electron chi connectivity index (χ1n) is 8.59. The number of amides is 2. The largest absolute Gasteiger partial charge is 0.346 e. The number of para-hydroxylation sites is 2. The summed E-state index contributed by atoms with van der Waals surface area (Å²) in [6, 6.07) is 7.53. The predicted octanol–water partition coefficient (Wildman–Crippen LogP) is 2.57. The van der Waals surface area contributed by atoms with E-state index < -0.39 is 0 Å². The van der Waals surface area contributed by atoms with Gasteiger partial charge in [-0.15, -0.1) is 11.3 Å². The number of H-pyrrole nitrogens is 1. The van der Waals surface area contributed by atoms with Gasteiger partial charge in [0.25, 0.3) is 0 Å². The van der Waals surface area contributed by atoms with Gasteiger partial charge in [0, 0.05) is 18.3 Å². The number of carbonyl (C=O) groups excluding carboxylic acids is 2. The average molecular weight is 369 g/mol. The summed E-state index contributed by atoms with van der Waals surface area (Å²) in [5.41, 5.74) is 2.50. The molecule has 4 rings (SSSR count). The highest BCUT2D eigenvalue weighted by molar-refractivity contribution is 7.14. The van der Waals surface area contributed by atoms with Crippen molar-refractivity contribution >= 4 is 39.3 Å². The minimum atomic E-state index is -0.229. The maximum atomic E-state index is 12.3. The lowest BCUT2D eigenvalue weighted by Crippen LogP contribution is -2.29. The fraction of sp³-hybridized carbons (Fsp3) is 0.333. The third-order valence-electron chi connectivity index (χ3n) is 4.38. The smallest absolute Gasteiger partial charge is 0.228 e. The van der Waals surface area contributed by atoms with Crippen molar-refractivity contribution in [2.24, 2.45) is 0 Å². The Hall–Kier alpha value is -2.74. The number of imidazole rings is 1. The van der Waals surface area contributed by atoms with E-state index in [4.69, 9.17) is 0 Å². The van der Waals surface area contributed by atoms with E-state index in [1.54, 1.807) is 4.90 Å². The van der Waals surface area contributed by atoms with Crippen molar-refractivity contribution in [3.8, 4) is 0 Å². The first-order chi connectivity index (χ1) is 12.6. The van der Waals surface area contributed by atoms with E-state index in [0.29, 0.717) is 23.8 Å². The zero-order valence-corrected chi connectivity index (χ0v) is 15.2. The SMILES string of the molecule is CC(NC(=O)Cc1csc(N2CCCC2=O)n1)c1nc2ccccc2[nH]1. The van der Waals surface area contributed by atoms with Gasteiger partial charge in [-0.05, 0) is 25.5 Å². The number of fused-ring (bicyclic) bond motifs is 1. The Morgan fingerprint density at radius 3 is 3.00 bits per heavy atom. The van der Waals surface area contributed by atoms with Gasteiger partial charge >= 0.3 is 0 Å². The molecule has 1 aliphatic heterocycles. The Bertz CT molecular complexity index is 930. The molecule has 3 heterocycles. The predicted molar refractivity (Wildman–Crippen MR) is 100 cm³/mol. The van der Waals surface area contributed by atoms with Crippen molar-refractivity contribution in [3.05, 3.63) is 41.2 Å². The van der Waals surface area contributed by atoms with Crippen molar-refractivity contribution in [1.82, 2.24) is 20.3 Å². The van der Waals surface area contributed by atoms with Gasteiger partial charge in [-0.1, -0.05) is 12.1 Å². The van der Waals surface area contributed by atoms with Crippen LogP contribution in [0.3, 0.4) is 0 Å². The molecular weight excluding hydrogens is 350 g/mol. The Labute approximate surface area is 154 Å². The average Bonchev–Trinajstić information content (AvgIpc) is 3.33. The number of aromatic nitrogens is 3. The fourth-order valence-corrected chi connectivity index (χ4v) is 3.92. The molecule has 2 aromatic heterocycles. The van der Waals surface area contributed by atoms with Crippen LogP contribution >= 0.6 is 11.3 Å². The highest BCUT2D eigenvalue weighted by Gasteiger charge is 2.24. The second kappa shape index (κ2) is 6.87. The van der Waals surface area contributed by atoms with Gasteiger partial charge < -0.3 is 10.3 Å². The fourth-order valence-electron chi connectivity index (χ4n) is 3.05. The van der Waals surface area contributed by atoms with E-state index in [2.05, 4.69) is 20.3 Å². The summed E-state index contributed by atoms with van der Waals surface area (Å²) in [4.78, 5) is 38.0. The molecule has 1 aliphatic rings. The molecule has 3 aromatic rings. The summed E-state index contributed by atoms with van der Waals surface area (Å²) in [6.45, 7) is 2.60. The third kappa shape index (κ3) is 3.32. The quantitative estimate of drug-likeness (QED) is 0.723. The van der Waals surface area contributed by atoms with Gasteiger partial charge in [0.1, 0.15) is 5.82 Å². The van der Waals surface area contributed by atoms with Gasteiger partial charge in [-0.2, -0.15) is 0 Å². The molecule has 1 atom stereocenters. The van der Waals surface area contributed by atoms with Gasteiger partial charge in [0.05, 0.1) is 29.2 Å². The number of hydrogen-bond acceptors (Lipinski definition) is 5. The molecule has 1 fully saturated rings. The standard InChI is InChI=1S/C18H19N5O2S/c1-11(17-21-13-5-2-3-6-14(13)22-17)19-15(24)9-12-10-26-18(20-12)23-8-4-7-16(23)25/h2-3,5-6,10-11H,4,7-9H2,1H3,(H,19,24)(H,21,22). The first-order valence-corrected chi connectivity index (χ1v) is 9.47. The second-order valence-electron chi connectivity index (χ2n) is 6.38. The maximum Gasteiger partial charge on any atom is 0.228 e. The molecule has 134 valence electrons. The molecule has 0 radical (unpaired) electrons. The maximum absolute atomic E-state index is 12.3. The molecule has 2 N–H and O–H groups in total. The van der Waals surface area contributed by atoms with E-state index in [1.165, 1.54) is 11.3 Å². The summed E-state index contributed by atoms with van der Waals surface area (Å²) in [5, 5.41) is 5.47. The molecule has 1 saturated heterocycles. The number of aromatic amines is 1. The van der Waals surface area contributed by atoms with Crippen LogP contribution in [0.15, 0.2) is 29.6 Å². The minimum Gasteiger partial charge on any atom is -0.346 e. The third-order valence-corrected chi connectivity index (χ3v) is 5.29. The molecule has 0 saturated carbocycles. The topological polar surface area (TPSA) is 91.0 Å². The van der Waals surface area contributed by atoms with Crippen molar-refractivity contribution in [3.63, 3.8) is 0 Å². The van der Waals surface area contributed by atoms with Crippen molar-refractivity contribution in [2.75, 3.05) is 11.4 Å². The monoisotopic (exact) mass is 369 g/mol. The van der Waals surface area contributed by atoms with E-state index in [-0.39, 0.29) is 24.3 Å². The Balaban J connectivity index is 1.39. The molecule has 1 unspecified atom stereocenters. The van der Waals surface area contributed by atoms with E-state index in [1.807, 2.05) is 36.6 Å². The summed E-state index contributed by atoms with van der Waals surface area (Å²) in [7, 11) is 0. The van der Waals surface area contributed by atoms with Gasteiger partial charge in [-0.3, -0.25) is 14.5 Å². The lowest BCUT2D eigenvalue weighted by atomic mass is 10.2. The van der Waals surface area contributed by atoms with Crippen LogP contribution in [-0.2, 0) is 16.0 Å². The number of nitrogens with one attached hydrogen (secondary N) is 2. The normalized spacial score (nSPS) is 15.6. The zero-order valence-electron chi connectivity index (χ0n) is 14.4. The summed E-state index contributed by atoms with van der Waals surface area (Å²) < 4.78 is 0. The van der Waals surface area contributed by atoms with Crippen LogP contribution in [0.2, 0.25) is 0 Å². The van der Waals surface area contributed by atoms with Crippen LogP contribution in [0, 0.1) is 0 Å². The summed E-state index contributed by atoms with van der Waals surface area (Å²) in [6.07, 6.45) is 1.62. The molecule has 7 nitrogen and oxygen atoms in total. The van der Waals surface area contributed by atoms with Crippen LogP contribution in [0.1, 0.15) is 37.3 Å². The highest BCUT2D eigenvalue weighted by Crippen LogP contribution is 2.25. The van der Waals surface area contributed by atoms with E-state index >= 15 is 0 Å². The molecule has 2 amide bonds. The van der Waals surface area contributed by atoms with Crippen LogP contribution in [0.5, 0.6) is 0 Å². The Kier molecular flexibility index (Phi) is 4.42. The number of rotatable bonds is 5. The highest BCUT2D eigenvalue weighted by atomic mass is 32.1. The molecule has 0 aliphatic carbocycles. The van der Waals surface area contributed by atoms with Gasteiger partial charge in [0.2, 0.25) is 11.8 Å². The number of benzene rings is 1. The van der Waals surface area contributed by atoms with Gasteiger partial charge in [-0.25, -0.2) is 9.97 Å².